The number of hydrogen-bond donors (Lipinski definition) is 2. The van der Waals surface area contributed by atoms with Gasteiger partial charge in [0.2, 0.25) is 5.76 Å². The molecule has 3 aromatic rings. The fraction of sp³-hybridized carbons (Fsp3) is 0.158. The van der Waals surface area contributed by atoms with Crippen LogP contribution in [0, 0.1) is 5.82 Å². The van der Waals surface area contributed by atoms with Crippen molar-refractivity contribution in [2.24, 2.45) is 0 Å². The Labute approximate surface area is 180 Å². The molecule has 0 saturated heterocycles. The van der Waals surface area contributed by atoms with Crippen molar-refractivity contribution in [1.82, 2.24) is 0 Å². The van der Waals surface area contributed by atoms with E-state index >= 15 is 0 Å². The van der Waals surface area contributed by atoms with Crippen LogP contribution in [0.1, 0.15) is 10.6 Å². The Bertz CT molecular complexity index is 1020. The molecule has 9 heteroatoms. The molecule has 0 aliphatic rings. The van der Waals surface area contributed by atoms with E-state index in [0.717, 1.165) is 6.07 Å². The molecule has 2 N–H and O–H groups in total. The first-order valence-corrected chi connectivity index (χ1v) is 7.93. The number of ether oxygens (including phenoxy) is 2. The van der Waals surface area contributed by atoms with Gasteiger partial charge >= 0.3 is 5.97 Å². The zero-order chi connectivity index (χ0) is 19.4. The average Bonchev–Trinajstić information content (AvgIpc) is 2.65. The van der Waals surface area contributed by atoms with Crippen molar-refractivity contribution in [3.63, 3.8) is 0 Å². The number of halogens is 1. The molecule has 1 unspecified atom stereocenters. The second kappa shape index (κ2) is 9.70. The van der Waals surface area contributed by atoms with Gasteiger partial charge in [0, 0.05) is 35.6 Å². The number of carbonyl (C=O) groups is 1. The summed E-state index contributed by atoms with van der Waals surface area (Å²) in [6, 6.07) is 10.7. The van der Waals surface area contributed by atoms with Gasteiger partial charge in [-0.1, -0.05) is 6.07 Å². The van der Waals surface area contributed by atoms with Gasteiger partial charge in [-0.3, -0.25) is 4.79 Å². The van der Waals surface area contributed by atoms with Gasteiger partial charge in [-0.2, -0.15) is 0 Å². The second-order valence-electron chi connectivity index (χ2n) is 5.64. The Balaban J connectivity index is 0.00000280. The molecule has 0 fully saturated rings. The smallest absolute Gasteiger partial charge is 0.371 e. The third-order valence-corrected chi connectivity index (χ3v) is 3.61. The van der Waals surface area contributed by atoms with Crippen LogP contribution >= 0.6 is 0 Å². The molecule has 0 aliphatic heterocycles. The predicted octanol–water partition coefficient (Wildman–Crippen LogP) is 2.07. The molecule has 7 nitrogen and oxygen atoms in total. The molecule has 2 aromatic carbocycles. The molecular weight excluding hydrogens is 382 g/mol. The standard InChI is InChI=1S/C19H15FO7.Na/c20-11-4-6-13(7-5-11)25-9-12(21)10-26-15-2-1-3-16-18(15)14(22)8-17(27-16)19(23)24;/h1-8,12,21H,9-10H2,(H,23,24);. The van der Waals surface area contributed by atoms with Crippen LogP contribution in [0.4, 0.5) is 4.39 Å². The van der Waals surface area contributed by atoms with E-state index in [0.29, 0.717) is 5.75 Å². The minimum Gasteiger partial charge on any atom is -0.491 e. The molecule has 0 bridgehead atoms. The number of aliphatic hydroxyl groups is 1. The van der Waals surface area contributed by atoms with E-state index in [1.807, 2.05) is 0 Å². The molecule has 1 aromatic heterocycles. The number of fused-ring (bicyclic) bond motifs is 1. The molecule has 141 valence electrons. The van der Waals surface area contributed by atoms with Gasteiger partial charge in [-0.05, 0) is 36.4 Å². The maximum absolute atomic E-state index is 12.8. The zero-order valence-electron chi connectivity index (χ0n) is 14.9. The molecule has 1 radical (unpaired) electrons. The number of aliphatic hydroxyl groups excluding tert-OH is 1. The topological polar surface area (TPSA) is 106 Å². The van der Waals surface area contributed by atoms with Crippen molar-refractivity contribution in [2.75, 3.05) is 13.2 Å². The van der Waals surface area contributed by atoms with Crippen LogP contribution in [0.3, 0.4) is 0 Å². The number of carboxylic acid groups (broad SMARTS) is 1. The largest absolute Gasteiger partial charge is 0.491 e. The van der Waals surface area contributed by atoms with E-state index in [2.05, 4.69) is 0 Å². The molecule has 0 amide bonds. The van der Waals surface area contributed by atoms with Gasteiger partial charge in [-0.15, -0.1) is 0 Å². The van der Waals surface area contributed by atoms with Gasteiger partial charge < -0.3 is 24.1 Å². The number of rotatable bonds is 7. The van der Waals surface area contributed by atoms with Crippen LogP contribution in [0.5, 0.6) is 11.5 Å². The van der Waals surface area contributed by atoms with Crippen molar-refractivity contribution in [2.45, 2.75) is 6.10 Å². The van der Waals surface area contributed by atoms with Gasteiger partial charge in [0.25, 0.3) is 0 Å². The Morgan fingerprint density at radius 2 is 1.79 bits per heavy atom. The molecule has 3 rings (SSSR count). The summed E-state index contributed by atoms with van der Waals surface area (Å²) in [5.74, 6) is -1.68. The van der Waals surface area contributed by atoms with Crippen molar-refractivity contribution in [3.8, 4) is 11.5 Å². The quantitative estimate of drug-likeness (QED) is 0.588. The van der Waals surface area contributed by atoms with Crippen LogP contribution < -0.4 is 14.9 Å². The Morgan fingerprint density at radius 3 is 2.46 bits per heavy atom. The Hall–Kier alpha value is -2.39. The Morgan fingerprint density at radius 1 is 1.11 bits per heavy atom. The SMILES string of the molecule is O=C(O)c1cc(=O)c2c(OCC(O)COc3ccc(F)cc3)cccc2o1.[Na]. The second-order valence-corrected chi connectivity index (χ2v) is 5.64. The summed E-state index contributed by atoms with van der Waals surface area (Å²) in [4.78, 5) is 23.2. The third kappa shape index (κ3) is 5.32. The summed E-state index contributed by atoms with van der Waals surface area (Å²) < 4.78 is 28.8. The number of carboxylic acids is 1. The number of hydrogen-bond acceptors (Lipinski definition) is 6. The monoisotopic (exact) mass is 397 g/mol. The first-order chi connectivity index (χ1) is 12.9. The fourth-order valence-electron chi connectivity index (χ4n) is 2.36. The van der Waals surface area contributed by atoms with E-state index < -0.39 is 29.1 Å². The maximum Gasteiger partial charge on any atom is 0.371 e. The van der Waals surface area contributed by atoms with Crippen LogP contribution in [0.25, 0.3) is 11.0 Å². The predicted molar refractivity (Wildman–Crippen MR) is 98.6 cm³/mol. The summed E-state index contributed by atoms with van der Waals surface area (Å²) in [5.41, 5.74) is -0.504. The molecule has 1 heterocycles. The van der Waals surface area contributed by atoms with Gasteiger partial charge in [-0.25, -0.2) is 9.18 Å². The van der Waals surface area contributed by atoms with E-state index in [1.165, 1.54) is 42.5 Å². The van der Waals surface area contributed by atoms with E-state index in [1.54, 1.807) is 0 Å². The molecule has 1 atom stereocenters. The number of aromatic carboxylic acids is 1. The molecule has 28 heavy (non-hydrogen) atoms. The Kier molecular flexibility index (Phi) is 7.59. The van der Waals surface area contributed by atoms with Crippen molar-refractivity contribution >= 4 is 46.5 Å². The molecule has 0 saturated carbocycles. The van der Waals surface area contributed by atoms with Crippen LogP contribution in [-0.2, 0) is 0 Å². The first kappa shape index (κ1) is 21.9. The minimum absolute atomic E-state index is 0. The summed E-state index contributed by atoms with van der Waals surface area (Å²) in [6.45, 7) is -0.283. The van der Waals surface area contributed by atoms with Gasteiger partial charge in [0.1, 0.15) is 47.6 Å². The summed E-state index contributed by atoms with van der Waals surface area (Å²) >= 11 is 0. The van der Waals surface area contributed by atoms with E-state index in [4.69, 9.17) is 19.0 Å². The van der Waals surface area contributed by atoms with Crippen molar-refractivity contribution < 1.29 is 33.3 Å². The van der Waals surface area contributed by atoms with Gasteiger partial charge in [0.05, 0.1) is 0 Å². The molecular formula is C19H15FNaO7. The normalized spacial score (nSPS) is 11.5. The molecule has 0 spiro atoms. The summed E-state index contributed by atoms with van der Waals surface area (Å²) in [7, 11) is 0. The van der Waals surface area contributed by atoms with E-state index in [-0.39, 0.29) is 59.5 Å². The first-order valence-electron chi connectivity index (χ1n) is 7.93. The summed E-state index contributed by atoms with van der Waals surface area (Å²) in [5, 5.41) is 19.0. The van der Waals surface area contributed by atoms with E-state index in [9.17, 15) is 19.1 Å². The number of benzene rings is 2. The molecule has 0 aliphatic carbocycles. The third-order valence-electron chi connectivity index (χ3n) is 3.61. The maximum atomic E-state index is 12.8. The van der Waals surface area contributed by atoms with Gasteiger partial charge in [0.15, 0.2) is 5.43 Å². The fourth-order valence-corrected chi connectivity index (χ4v) is 2.36. The zero-order valence-corrected chi connectivity index (χ0v) is 16.9. The van der Waals surface area contributed by atoms with Crippen molar-refractivity contribution in [3.05, 3.63) is 70.3 Å². The van der Waals surface area contributed by atoms with Crippen LogP contribution in [-0.4, -0.2) is 65.1 Å². The average molecular weight is 397 g/mol. The summed E-state index contributed by atoms with van der Waals surface area (Å²) in [6.07, 6.45) is -1.02. The minimum atomic E-state index is -1.35. The van der Waals surface area contributed by atoms with Crippen molar-refractivity contribution in [1.29, 1.82) is 0 Å². The van der Waals surface area contributed by atoms with Crippen LogP contribution in [0.2, 0.25) is 0 Å². The van der Waals surface area contributed by atoms with Crippen LogP contribution in [0.15, 0.2) is 57.7 Å².